The Morgan fingerprint density at radius 2 is 1.85 bits per heavy atom. The summed E-state index contributed by atoms with van der Waals surface area (Å²) < 4.78 is 11.8. The van der Waals surface area contributed by atoms with E-state index in [9.17, 15) is 14.7 Å². The maximum absolute atomic E-state index is 13.1. The van der Waals surface area contributed by atoms with Crippen molar-refractivity contribution in [3.8, 4) is 5.75 Å². The molecule has 1 atom stereocenters. The van der Waals surface area contributed by atoms with Gasteiger partial charge in [0.2, 0.25) is 0 Å². The molecule has 1 aliphatic rings. The fraction of sp³-hybridized carbons (Fsp3) is 0.385. The minimum atomic E-state index is -0.683. The van der Waals surface area contributed by atoms with Gasteiger partial charge < -0.3 is 19.5 Å². The minimum absolute atomic E-state index is 0.0960. The molecule has 7 heteroatoms. The van der Waals surface area contributed by atoms with Gasteiger partial charge >= 0.3 is 0 Å². The van der Waals surface area contributed by atoms with Crippen molar-refractivity contribution in [2.45, 2.75) is 33.2 Å². The minimum Gasteiger partial charge on any atom is -0.507 e. The van der Waals surface area contributed by atoms with Crippen molar-refractivity contribution in [2.24, 2.45) is 5.92 Å². The second-order valence-electron chi connectivity index (χ2n) is 8.57. The Morgan fingerprint density at radius 3 is 2.45 bits per heavy atom. The number of likely N-dealkylation sites (tertiary alicyclic amines) is 1. The van der Waals surface area contributed by atoms with E-state index in [0.29, 0.717) is 43.4 Å². The van der Waals surface area contributed by atoms with E-state index < -0.39 is 17.7 Å². The lowest BCUT2D eigenvalue weighted by atomic mass is 9.94. The van der Waals surface area contributed by atoms with Gasteiger partial charge in [0.15, 0.2) is 0 Å². The van der Waals surface area contributed by atoms with Gasteiger partial charge in [-0.15, -0.1) is 0 Å². The summed E-state index contributed by atoms with van der Waals surface area (Å²) in [6, 6.07) is 12.1. The lowest BCUT2D eigenvalue weighted by Gasteiger charge is -2.25. The molecule has 2 aromatic carbocycles. The fourth-order valence-electron chi connectivity index (χ4n) is 3.88. The number of amides is 1. The SMILES string of the molecule is COCCCN1C(=O)C(=O)/C(=C(/O)c2ccc(OCC(C)C)cc2C)[C@@H]1c1ccc(Br)cc1. The van der Waals surface area contributed by atoms with Crippen LogP contribution in [0, 0.1) is 12.8 Å². The van der Waals surface area contributed by atoms with Crippen molar-refractivity contribution in [2.75, 3.05) is 26.9 Å². The zero-order chi connectivity index (χ0) is 24.1. The van der Waals surface area contributed by atoms with Gasteiger partial charge in [-0.05, 0) is 60.7 Å². The Kier molecular flexibility index (Phi) is 8.32. The van der Waals surface area contributed by atoms with Gasteiger partial charge in [-0.1, -0.05) is 41.9 Å². The highest BCUT2D eigenvalue weighted by Crippen LogP contribution is 2.40. The molecule has 0 unspecified atom stereocenters. The maximum Gasteiger partial charge on any atom is 0.295 e. The Balaban J connectivity index is 2.05. The van der Waals surface area contributed by atoms with Gasteiger partial charge in [0.1, 0.15) is 11.5 Å². The highest BCUT2D eigenvalue weighted by molar-refractivity contribution is 9.10. The largest absolute Gasteiger partial charge is 0.507 e. The van der Waals surface area contributed by atoms with E-state index in [4.69, 9.17) is 9.47 Å². The first kappa shape index (κ1) is 25.0. The van der Waals surface area contributed by atoms with Gasteiger partial charge in [-0.3, -0.25) is 9.59 Å². The number of Topliss-reactive ketones (excluding diaryl/α,β-unsaturated/α-hetero) is 1. The van der Waals surface area contributed by atoms with E-state index in [2.05, 4.69) is 29.8 Å². The highest BCUT2D eigenvalue weighted by Gasteiger charge is 2.45. The molecule has 0 bridgehead atoms. The number of methoxy groups -OCH3 is 1. The molecular weight excluding hydrogens is 486 g/mol. The van der Waals surface area contributed by atoms with E-state index in [-0.39, 0.29) is 11.3 Å². The van der Waals surface area contributed by atoms with E-state index in [1.54, 1.807) is 19.2 Å². The second kappa shape index (κ2) is 11.0. The Bertz CT molecular complexity index is 1050. The van der Waals surface area contributed by atoms with Gasteiger partial charge in [0.25, 0.3) is 11.7 Å². The Hall–Kier alpha value is -2.64. The quantitative estimate of drug-likeness (QED) is 0.213. The number of hydrogen-bond donors (Lipinski definition) is 1. The molecule has 0 radical (unpaired) electrons. The summed E-state index contributed by atoms with van der Waals surface area (Å²) >= 11 is 3.43. The van der Waals surface area contributed by atoms with Crippen LogP contribution in [0.25, 0.3) is 5.76 Å². The number of nitrogens with zero attached hydrogens (tertiary/aromatic N) is 1. The van der Waals surface area contributed by atoms with Crippen molar-refractivity contribution >= 4 is 33.4 Å². The Morgan fingerprint density at radius 1 is 1.15 bits per heavy atom. The number of aliphatic hydroxyl groups excluding tert-OH is 1. The average molecular weight is 516 g/mol. The van der Waals surface area contributed by atoms with Crippen molar-refractivity contribution in [3.05, 3.63) is 69.2 Å². The van der Waals surface area contributed by atoms with Gasteiger partial charge in [0.05, 0.1) is 18.2 Å². The van der Waals surface area contributed by atoms with Crippen LogP contribution in [0.3, 0.4) is 0 Å². The fourth-order valence-corrected chi connectivity index (χ4v) is 4.15. The molecule has 0 spiro atoms. The van der Waals surface area contributed by atoms with Gasteiger partial charge in [-0.25, -0.2) is 0 Å². The first-order valence-electron chi connectivity index (χ1n) is 11.0. The number of hydrogen-bond acceptors (Lipinski definition) is 5. The summed E-state index contributed by atoms with van der Waals surface area (Å²) in [7, 11) is 1.59. The van der Waals surface area contributed by atoms with Crippen LogP contribution < -0.4 is 4.74 Å². The summed E-state index contributed by atoms with van der Waals surface area (Å²) in [5.74, 6) is -0.392. The molecule has 2 aromatic rings. The molecule has 1 fully saturated rings. The zero-order valence-corrected chi connectivity index (χ0v) is 21.0. The van der Waals surface area contributed by atoms with Crippen LogP contribution >= 0.6 is 15.9 Å². The van der Waals surface area contributed by atoms with Crippen molar-refractivity contribution in [1.82, 2.24) is 4.90 Å². The van der Waals surface area contributed by atoms with Crippen LogP contribution in [0.4, 0.5) is 0 Å². The molecular formula is C26H30BrNO5. The molecule has 0 aromatic heterocycles. The Labute approximate surface area is 203 Å². The standard InChI is InChI=1S/C26H30BrNO5/c1-16(2)15-33-20-10-11-21(17(3)14-20)24(29)22-23(18-6-8-19(27)9-7-18)28(12-5-13-32-4)26(31)25(22)30/h6-11,14,16,23,29H,5,12-13,15H2,1-4H3/b24-22+/t23-/m0/s1. The normalized spacial score (nSPS) is 17.8. The van der Waals surface area contributed by atoms with Crippen molar-refractivity contribution < 1.29 is 24.2 Å². The lowest BCUT2D eigenvalue weighted by Crippen LogP contribution is -2.31. The molecule has 1 saturated heterocycles. The molecule has 1 aliphatic heterocycles. The number of ether oxygens (including phenoxy) is 2. The van der Waals surface area contributed by atoms with E-state index in [0.717, 1.165) is 15.6 Å². The molecule has 176 valence electrons. The third-order valence-corrected chi connectivity index (χ3v) is 6.04. The van der Waals surface area contributed by atoms with E-state index in [1.165, 1.54) is 4.90 Å². The van der Waals surface area contributed by atoms with E-state index >= 15 is 0 Å². The van der Waals surface area contributed by atoms with Crippen LogP contribution in [-0.2, 0) is 14.3 Å². The van der Waals surface area contributed by atoms with E-state index in [1.807, 2.05) is 37.3 Å². The topological polar surface area (TPSA) is 76.1 Å². The summed E-state index contributed by atoms with van der Waals surface area (Å²) in [5, 5.41) is 11.3. The summed E-state index contributed by atoms with van der Waals surface area (Å²) in [4.78, 5) is 27.6. The van der Waals surface area contributed by atoms with Crippen LogP contribution in [0.15, 0.2) is 52.5 Å². The van der Waals surface area contributed by atoms with Crippen LogP contribution in [0.2, 0.25) is 0 Å². The molecule has 3 rings (SSSR count). The second-order valence-corrected chi connectivity index (χ2v) is 9.49. The number of aliphatic hydroxyl groups is 1. The first-order valence-corrected chi connectivity index (χ1v) is 11.8. The molecule has 0 aliphatic carbocycles. The molecule has 33 heavy (non-hydrogen) atoms. The smallest absolute Gasteiger partial charge is 0.295 e. The first-order chi connectivity index (χ1) is 15.7. The molecule has 1 N–H and O–H groups in total. The number of benzene rings is 2. The van der Waals surface area contributed by atoms with Crippen LogP contribution in [0.5, 0.6) is 5.75 Å². The van der Waals surface area contributed by atoms with Crippen molar-refractivity contribution in [1.29, 1.82) is 0 Å². The zero-order valence-electron chi connectivity index (χ0n) is 19.4. The average Bonchev–Trinajstić information content (AvgIpc) is 3.03. The third kappa shape index (κ3) is 5.65. The highest BCUT2D eigenvalue weighted by atomic mass is 79.9. The third-order valence-electron chi connectivity index (χ3n) is 5.51. The summed E-state index contributed by atoms with van der Waals surface area (Å²) in [6.45, 7) is 7.38. The van der Waals surface area contributed by atoms with Gasteiger partial charge in [-0.2, -0.15) is 0 Å². The molecule has 6 nitrogen and oxygen atoms in total. The number of ketones is 1. The molecule has 1 heterocycles. The molecule has 1 amide bonds. The predicted octanol–water partition coefficient (Wildman–Crippen LogP) is 5.25. The number of rotatable bonds is 9. The monoisotopic (exact) mass is 515 g/mol. The molecule has 0 saturated carbocycles. The number of carbonyl (C=O) groups excluding carboxylic acids is 2. The van der Waals surface area contributed by atoms with Crippen LogP contribution in [0.1, 0.15) is 43.0 Å². The summed E-state index contributed by atoms with van der Waals surface area (Å²) in [6.07, 6.45) is 0.581. The van der Waals surface area contributed by atoms with Gasteiger partial charge in [0, 0.05) is 30.3 Å². The van der Waals surface area contributed by atoms with Crippen LogP contribution in [-0.4, -0.2) is 48.6 Å². The lowest BCUT2D eigenvalue weighted by molar-refractivity contribution is -0.140. The predicted molar refractivity (Wildman–Crippen MR) is 131 cm³/mol. The number of aryl methyl sites for hydroxylation is 1. The van der Waals surface area contributed by atoms with Crippen molar-refractivity contribution in [3.63, 3.8) is 0 Å². The number of carbonyl (C=O) groups is 2. The maximum atomic E-state index is 13.1. The number of halogens is 1. The summed E-state index contributed by atoms with van der Waals surface area (Å²) in [5.41, 5.74) is 2.11.